The number of halogens is 1. The van der Waals surface area contributed by atoms with Gasteiger partial charge in [-0.1, -0.05) is 36.4 Å². The molecule has 320 valence electrons. The summed E-state index contributed by atoms with van der Waals surface area (Å²) < 4.78 is 27.4. The number of carbonyl (C=O) groups excluding carboxylic acids is 3. The Bertz CT molecular complexity index is 2410. The number of amides is 2. The lowest BCUT2D eigenvalue weighted by molar-refractivity contribution is -0.696. The van der Waals surface area contributed by atoms with Crippen molar-refractivity contribution in [1.29, 1.82) is 0 Å². The number of hydrogen-bond donors (Lipinski definition) is 0. The number of rotatable bonds is 13. The van der Waals surface area contributed by atoms with Crippen molar-refractivity contribution >= 4 is 40.9 Å². The summed E-state index contributed by atoms with van der Waals surface area (Å²) >= 11 is 6.49. The van der Waals surface area contributed by atoms with Gasteiger partial charge in [-0.25, -0.2) is 14.2 Å². The largest absolute Gasteiger partial charge is 0.493 e. The van der Waals surface area contributed by atoms with E-state index in [-0.39, 0.29) is 12.0 Å². The van der Waals surface area contributed by atoms with Crippen LogP contribution in [0.4, 0.5) is 16.2 Å². The van der Waals surface area contributed by atoms with Crippen LogP contribution in [-0.4, -0.2) is 58.4 Å². The molecule has 0 unspecified atom stereocenters. The van der Waals surface area contributed by atoms with Gasteiger partial charge in [0.25, 0.3) is 5.91 Å². The number of anilines is 2. The Kier molecular flexibility index (Phi) is 13.6. The minimum absolute atomic E-state index is 0.264. The summed E-state index contributed by atoms with van der Waals surface area (Å²) in [6, 6.07) is 24.0. The quantitative estimate of drug-likeness (QED) is 0.0503. The average molecular weight is 848 g/mol. The first-order valence-corrected chi connectivity index (χ1v) is 20.9. The summed E-state index contributed by atoms with van der Waals surface area (Å²) in [4.78, 5) is 44.5. The highest BCUT2D eigenvalue weighted by Crippen LogP contribution is 2.35. The molecule has 3 aromatic carbocycles. The van der Waals surface area contributed by atoms with Crippen molar-refractivity contribution in [2.45, 2.75) is 85.6 Å². The molecule has 0 N–H and O–H groups in total. The van der Waals surface area contributed by atoms with E-state index in [0.29, 0.717) is 95.9 Å². The molecule has 0 radical (unpaired) electrons. The first kappa shape index (κ1) is 44.5. The minimum Gasteiger partial charge on any atom is -0.493 e. The van der Waals surface area contributed by atoms with Crippen LogP contribution in [0.5, 0.6) is 11.5 Å². The van der Waals surface area contributed by atoms with Crippen molar-refractivity contribution in [3.63, 3.8) is 0 Å². The van der Waals surface area contributed by atoms with Gasteiger partial charge in [0, 0.05) is 65.8 Å². The van der Waals surface area contributed by atoms with Crippen LogP contribution in [0.2, 0.25) is 5.02 Å². The molecule has 2 aromatic heterocycles. The molecule has 2 amide bonds. The molecule has 6 rings (SSSR count). The summed E-state index contributed by atoms with van der Waals surface area (Å²) in [6.45, 7) is 19.2. The summed E-state index contributed by atoms with van der Waals surface area (Å²) in [7, 11) is 1.86. The van der Waals surface area contributed by atoms with E-state index in [2.05, 4.69) is 6.58 Å². The van der Waals surface area contributed by atoms with E-state index >= 15 is 0 Å². The molecule has 0 atom stereocenters. The summed E-state index contributed by atoms with van der Waals surface area (Å²) in [5.74, 6) is 0.722. The van der Waals surface area contributed by atoms with Gasteiger partial charge in [-0.2, -0.15) is 0 Å². The van der Waals surface area contributed by atoms with Crippen LogP contribution in [0.25, 0.3) is 11.3 Å². The maximum Gasteiger partial charge on any atom is 0.410 e. The van der Waals surface area contributed by atoms with E-state index in [1.54, 1.807) is 40.1 Å². The third kappa shape index (κ3) is 11.0. The van der Waals surface area contributed by atoms with Gasteiger partial charge in [-0.3, -0.25) is 9.69 Å². The van der Waals surface area contributed by atoms with Gasteiger partial charge in [-0.15, -0.1) is 0 Å². The Morgan fingerprint density at radius 2 is 1.62 bits per heavy atom. The fraction of sp³-hybridized carbons (Fsp3) is 0.347. The fourth-order valence-corrected chi connectivity index (χ4v) is 7.34. The fourth-order valence-electron chi connectivity index (χ4n) is 7.17. The number of fused-ring (bicyclic) bond motifs is 1. The molecular formula is C49H56ClN4O7+. The zero-order valence-electron chi connectivity index (χ0n) is 36.4. The number of hydrogen-bond acceptors (Lipinski definition) is 7. The molecule has 0 saturated carbocycles. The molecule has 61 heavy (non-hydrogen) atoms. The highest BCUT2D eigenvalue weighted by molar-refractivity contribution is 6.31. The Hall–Kier alpha value is -6.07. The molecule has 1 aliphatic heterocycles. The first-order chi connectivity index (χ1) is 28.9. The molecule has 3 heterocycles. The van der Waals surface area contributed by atoms with Crippen LogP contribution in [-0.2, 0) is 36.0 Å². The zero-order valence-corrected chi connectivity index (χ0v) is 37.2. The van der Waals surface area contributed by atoms with Crippen LogP contribution in [0.3, 0.4) is 0 Å². The summed E-state index contributed by atoms with van der Waals surface area (Å²) in [5, 5.41) is 0.448. The van der Waals surface area contributed by atoms with Crippen molar-refractivity contribution < 1.29 is 37.9 Å². The SMILES string of the molecule is C=CCOc1ccc(N(C(=O)c2cc(-c3cc(Cl)ccc3C(=O)OC(C)(C)C)n(C)c2C)c2ccc[n+](CCCOc3cccc4c3CCN(C(=O)OC(C)(C)C)C4)c2)cc1. The number of pyridine rings is 1. The molecule has 0 saturated heterocycles. The third-order valence-corrected chi connectivity index (χ3v) is 10.3. The predicted molar refractivity (Wildman–Crippen MR) is 238 cm³/mol. The maximum absolute atomic E-state index is 15.0. The topological polar surface area (TPSA) is 103 Å². The van der Waals surface area contributed by atoms with Crippen LogP contribution >= 0.6 is 11.6 Å². The molecule has 5 aromatic rings. The molecule has 12 heteroatoms. The lowest BCUT2D eigenvalue weighted by atomic mass is 9.99. The molecule has 0 spiro atoms. The van der Waals surface area contributed by atoms with Crippen molar-refractivity contribution in [3.8, 4) is 22.8 Å². The second kappa shape index (κ2) is 18.7. The van der Waals surface area contributed by atoms with E-state index in [0.717, 1.165) is 16.9 Å². The molecule has 1 aliphatic rings. The van der Waals surface area contributed by atoms with E-state index in [1.165, 1.54) is 0 Å². The summed E-state index contributed by atoms with van der Waals surface area (Å²) in [6.07, 6.45) is 6.67. The van der Waals surface area contributed by atoms with E-state index in [4.69, 9.17) is 30.5 Å². The van der Waals surface area contributed by atoms with Crippen molar-refractivity contribution in [2.24, 2.45) is 7.05 Å². The third-order valence-electron chi connectivity index (χ3n) is 10.1. The van der Waals surface area contributed by atoms with Gasteiger partial charge in [-0.05, 0) is 121 Å². The lowest BCUT2D eigenvalue weighted by Gasteiger charge is -2.31. The number of aromatic nitrogens is 2. The van der Waals surface area contributed by atoms with Crippen LogP contribution in [0.15, 0.2) is 104 Å². The van der Waals surface area contributed by atoms with E-state index < -0.39 is 17.2 Å². The predicted octanol–water partition coefficient (Wildman–Crippen LogP) is 10.2. The lowest BCUT2D eigenvalue weighted by Crippen LogP contribution is -2.40. The normalized spacial score (nSPS) is 12.6. The smallest absolute Gasteiger partial charge is 0.410 e. The second-order valence-corrected chi connectivity index (χ2v) is 17.5. The average Bonchev–Trinajstić information content (AvgIpc) is 3.50. The number of ether oxygens (including phenoxy) is 4. The van der Waals surface area contributed by atoms with Crippen LogP contribution < -0.4 is 18.9 Å². The molecule has 11 nitrogen and oxygen atoms in total. The number of esters is 1. The van der Waals surface area contributed by atoms with Crippen molar-refractivity contribution in [1.82, 2.24) is 9.47 Å². The van der Waals surface area contributed by atoms with Gasteiger partial charge < -0.3 is 28.4 Å². The highest BCUT2D eigenvalue weighted by atomic mass is 35.5. The second-order valence-electron chi connectivity index (χ2n) is 17.1. The van der Waals surface area contributed by atoms with Gasteiger partial charge in [0.15, 0.2) is 18.9 Å². The monoisotopic (exact) mass is 847 g/mol. The Labute approximate surface area is 364 Å². The first-order valence-electron chi connectivity index (χ1n) is 20.5. The summed E-state index contributed by atoms with van der Waals surface area (Å²) in [5.41, 5.74) is 4.89. The van der Waals surface area contributed by atoms with Gasteiger partial charge >= 0.3 is 12.1 Å². The number of benzene rings is 3. The number of nitrogens with zero attached hydrogens (tertiary/aromatic N) is 4. The Balaban J connectivity index is 1.24. The highest BCUT2D eigenvalue weighted by Gasteiger charge is 2.30. The molecule has 0 bridgehead atoms. The molecule has 0 aliphatic carbocycles. The van der Waals surface area contributed by atoms with E-state index in [1.807, 2.05) is 132 Å². The van der Waals surface area contributed by atoms with Gasteiger partial charge in [0.1, 0.15) is 35.0 Å². The number of carbonyl (C=O) groups is 3. The Morgan fingerprint density at radius 3 is 2.33 bits per heavy atom. The van der Waals surface area contributed by atoms with Gasteiger partial charge in [0.05, 0.1) is 17.7 Å². The molecular weight excluding hydrogens is 792 g/mol. The minimum atomic E-state index is -0.707. The zero-order chi connectivity index (χ0) is 44.1. The van der Waals surface area contributed by atoms with Crippen molar-refractivity contribution in [3.05, 3.63) is 137 Å². The van der Waals surface area contributed by atoms with Crippen LogP contribution in [0, 0.1) is 6.92 Å². The van der Waals surface area contributed by atoms with E-state index in [9.17, 15) is 14.4 Å². The molecule has 0 fully saturated rings. The Morgan fingerprint density at radius 1 is 0.885 bits per heavy atom. The maximum atomic E-state index is 15.0. The van der Waals surface area contributed by atoms with Gasteiger partial charge in [0.2, 0.25) is 0 Å². The number of aryl methyl sites for hydroxylation is 1. The standard InChI is InChI=1S/C49H56ClN4O7/c1-10-27-58-38-20-18-36(19-21-38)54(45(55)41-30-43(51(9)33(41)2)42-29-35(50)17-22-40(42)46(56)60-48(3,4)5)37-15-12-24-52(32-37)25-13-28-59-44-16-11-14-34-31-53(26-23-39(34)44)47(57)61-49(6,7)8/h10-12,14-22,24,29-30,32H,1,13,23,25-28,31H2,2-9H3/q+1. The van der Waals surface area contributed by atoms with Crippen LogP contribution in [0.1, 0.15) is 85.5 Å². The van der Waals surface area contributed by atoms with Crippen molar-refractivity contribution in [2.75, 3.05) is 24.7 Å².